The second kappa shape index (κ2) is 8.78. The molecular weight excluding hydrogens is 310 g/mol. The molecule has 0 aliphatic carbocycles. The van der Waals surface area contributed by atoms with Gasteiger partial charge in [0.2, 0.25) is 0 Å². The SMILES string of the molecule is Cc1ccccc1OCCNc1ccccc1OCc1ccccc1. The van der Waals surface area contributed by atoms with Gasteiger partial charge in [0.25, 0.3) is 0 Å². The van der Waals surface area contributed by atoms with Crippen molar-refractivity contribution < 1.29 is 9.47 Å². The van der Waals surface area contributed by atoms with Crippen molar-refractivity contribution in [3.8, 4) is 11.5 Å². The number of aryl methyl sites for hydroxylation is 1. The summed E-state index contributed by atoms with van der Waals surface area (Å²) in [6, 6.07) is 26.2. The quantitative estimate of drug-likeness (QED) is 0.584. The summed E-state index contributed by atoms with van der Waals surface area (Å²) in [5.41, 5.74) is 3.28. The van der Waals surface area contributed by atoms with E-state index in [1.165, 1.54) is 0 Å². The maximum absolute atomic E-state index is 5.95. The molecule has 3 aromatic rings. The van der Waals surface area contributed by atoms with Crippen LogP contribution in [0.1, 0.15) is 11.1 Å². The number of hydrogen-bond acceptors (Lipinski definition) is 3. The smallest absolute Gasteiger partial charge is 0.142 e. The highest BCUT2D eigenvalue weighted by Gasteiger charge is 2.03. The van der Waals surface area contributed by atoms with E-state index >= 15 is 0 Å². The highest BCUT2D eigenvalue weighted by molar-refractivity contribution is 5.56. The number of rotatable bonds is 8. The van der Waals surface area contributed by atoms with Crippen LogP contribution < -0.4 is 14.8 Å². The largest absolute Gasteiger partial charge is 0.491 e. The van der Waals surface area contributed by atoms with Crippen molar-refractivity contribution in [1.29, 1.82) is 0 Å². The standard InChI is InChI=1S/C22H23NO2/c1-18-9-5-7-13-21(18)24-16-15-23-20-12-6-8-14-22(20)25-17-19-10-3-2-4-11-19/h2-14,23H,15-17H2,1H3. The van der Waals surface area contributed by atoms with E-state index in [2.05, 4.69) is 30.4 Å². The van der Waals surface area contributed by atoms with Crippen LogP contribution in [0.5, 0.6) is 11.5 Å². The van der Waals surface area contributed by atoms with Gasteiger partial charge in [-0.05, 0) is 36.2 Å². The van der Waals surface area contributed by atoms with Gasteiger partial charge in [0, 0.05) is 6.54 Å². The first-order chi connectivity index (χ1) is 12.3. The summed E-state index contributed by atoms with van der Waals surface area (Å²) in [4.78, 5) is 0. The lowest BCUT2D eigenvalue weighted by Gasteiger charge is -2.14. The van der Waals surface area contributed by atoms with E-state index in [1.807, 2.05) is 60.7 Å². The van der Waals surface area contributed by atoms with Gasteiger partial charge in [-0.25, -0.2) is 0 Å². The van der Waals surface area contributed by atoms with Crippen LogP contribution >= 0.6 is 0 Å². The average molecular weight is 333 g/mol. The van der Waals surface area contributed by atoms with Crippen LogP contribution in [0.4, 0.5) is 5.69 Å². The van der Waals surface area contributed by atoms with Gasteiger partial charge < -0.3 is 14.8 Å². The Morgan fingerprint density at radius 2 is 1.40 bits per heavy atom. The minimum atomic E-state index is 0.555. The normalized spacial score (nSPS) is 10.3. The molecule has 1 N–H and O–H groups in total. The number of benzene rings is 3. The maximum atomic E-state index is 5.95. The molecule has 0 saturated heterocycles. The Morgan fingerprint density at radius 1 is 0.720 bits per heavy atom. The second-order valence-corrected chi connectivity index (χ2v) is 5.81. The number of ether oxygens (including phenoxy) is 2. The molecule has 3 nitrogen and oxygen atoms in total. The molecule has 0 aromatic heterocycles. The summed E-state index contributed by atoms with van der Waals surface area (Å²) in [5, 5.41) is 3.39. The highest BCUT2D eigenvalue weighted by atomic mass is 16.5. The van der Waals surface area contributed by atoms with E-state index in [0.717, 1.165) is 28.3 Å². The molecular formula is C22H23NO2. The predicted molar refractivity (Wildman–Crippen MR) is 102 cm³/mol. The fourth-order valence-corrected chi connectivity index (χ4v) is 2.54. The molecule has 25 heavy (non-hydrogen) atoms. The molecule has 0 unspecified atom stereocenters. The third-order valence-electron chi connectivity index (χ3n) is 3.89. The third-order valence-corrected chi connectivity index (χ3v) is 3.89. The molecule has 3 aromatic carbocycles. The zero-order chi connectivity index (χ0) is 17.3. The summed E-state index contributed by atoms with van der Waals surface area (Å²) in [7, 11) is 0. The molecule has 0 fully saturated rings. The highest BCUT2D eigenvalue weighted by Crippen LogP contribution is 2.24. The predicted octanol–water partition coefficient (Wildman–Crippen LogP) is 5.06. The van der Waals surface area contributed by atoms with Gasteiger partial charge in [0.1, 0.15) is 24.7 Å². The first-order valence-corrected chi connectivity index (χ1v) is 8.51. The van der Waals surface area contributed by atoms with E-state index in [9.17, 15) is 0 Å². The Balaban J connectivity index is 1.51. The zero-order valence-electron chi connectivity index (χ0n) is 14.4. The van der Waals surface area contributed by atoms with Crippen molar-refractivity contribution in [2.45, 2.75) is 13.5 Å². The summed E-state index contributed by atoms with van der Waals surface area (Å²) < 4.78 is 11.8. The fourth-order valence-electron chi connectivity index (χ4n) is 2.54. The Labute approximate surface area is 149 Å². The molecule has 0 amide bonds. The summed E-state index contributed by atoms with van der Waals surface area (Å²) in [6.07, 6.45) is 0. The number of nitrogens with one attached hydrogen (secondary N) is 1. The van der Waals surface area contributed by atoms with E-state index in [0.29, 0.717) is 19.8 Å². The second-order valence-electron chi connectivity index (χ2n) is 5.81. The topological polar surface area (TPSA) is 30.5 Å². The molecule has 0 radical (unpaired) electrons. The third kappa shape index (κ3) is 5.01. The van der Waals surface area contributed by atoms with Gasteiger partial charge in [-0.15, -0.1) is 0 Å². The molecule has 3 heteroatoms. The van der Waals surface area contributed by atoms with Gasteiger partial charge >= 0.3 is 0 Å². The van der Waals surface area contributed by atoms with Crippen molar-refractivity contribution in [3.05, 3.63) is 90.0 Å². The summed E-state index contributed by atoms with van der Waals surface area (Å²) >= 11 is 0. The lowest BCUT2D eigenvalue weighted by molar-refractivity contribution is 0.306. The lowest BCUT2D eigenvalue weighted by Crippen LogP contribution is -2.12. The first kappa shape index (κ1) is 16.9. The molecule has 0 spiro atoms. The van der Waals surface area contributed by atoms with Crippen LogP contribution in [-0.2, 0) is 6.61 Å². The monoisotopic (exact) mass is 333 g/mol. The molecule has 3 rings (SSSR count). The Kier molecular flexibility index (Phi) is 5.94. The zero-order valence-corrected chi connectivity index (χ0v) is 14.4. The van der Waals surface area contributed by atoms with Crippen molar-refractivity contribution >= 4 is 5.69 Å². The number of hydrogen-bond donors (Lipinski definition) is 1. The number of anilines is 1. The molecule has 0 aliphatic heterocycles. The molecule has 0 bridgehead atoms. The van der Waals surface area contributed by atoms with E-state index in [-0.39, 0.29) is 0 Å². The molecule has 0 aliphatic rings. The van der Waals surface area contributed by atoms with Crippen LogP contribution in [0.3, 0.4) is 0 Å². The van der Waals surface area contributed by atoms with Crippen LogP contribution in [0, 0.1) is 6.92 Å². The number of para-hydroxylation sites is 3. The van der Waals surface area contributed by atoms with E-state index in [1.54, 1.807) is 0 Å². The van der Waals surface area contributed by atoms with Crippen LogP contribution in [0.15, 0.2) is 78.9 Å². The van der Waals surface area contributed by atoms with Gasteiger partial charge in [0.15, 0.2) is 0 Å². The van der Waals surface area contributed by atoms with Crippen molar-refractivity contribution in [1.82, 2.24) is 0 Å². The minimum absolute atomic E-state index is 0.555. The van der Waals surface area contributed by atoms with Crippen molar-refractivity contribution in [3.63, 3.8) is 0 Å². The summed E-state index contributed by atoms with van der Waals surface area (Å²) in [5.74, 6) is 1.78. The Morgan fingerprint density at radius 3 is 2.20 bits per heavy atom. The van der Waals surface area contributed by atoms with Gasteiger partial charge in [-0.3, -0.25) is 0 Å². The summed E-state index contributed by atoms with van der Waals surface area (Å²) in [6.45, 7) is 3.91. The van der Waals surface area contributed by atoms with E-state index in [4.69, 9.17) is 9.47 Å². The maximum Gasteiger partial charge on any atom is 0.142 e. The van der Waals surface area contributed by atoms with Gasteiger partial charge in [0.05, 0.1) is 5.69 Å². The molecule has 128 valence electrons. The van der Waals surface area contributed by atoms with Crippen LogP contribution in [0.25, 0.3) is 0 Å². The van der Waals surface area contributed by atoms with Crippen molar-refractivity contribution in [2.24, 2.45) is 0 Å². The van der Waals surface area contributed by atoms with Crippen LogP contribution in [0.2, 0.25) is 0 Å². The Hall–Kier alpha value is -2.94. The fraction of sp³-hybridized carbons (Fsp3) is 0.182. The van der Waals surface area contributed by atoms with Gasteiger partial charge in [-0.2, -0.15) is 0 Å². The molecule has 0 saturated carbocycles. The average Bonchev–Trinajstić information content (AvgIpc) is 2.66. The van der Waals surface area contributed by atoms with Crippen molar-refractivity contribution in [2.75, 3.05) is 18.5 Å². The minimum Gasteiger partial charge on any atom is -0.491 e. The van der Waals surface area contributed by atoms with Gasteiger partial charge in [-0.1, -0.05) is 60.7 Å². The molecule has 0 atom stereocenters. The molecule has 0 heterocycles. The first-order valence-electron chi connectivity index (χ1n) is 8.51. The lowest BCUT2D eigenvalue weighted by atomic mass is 10.2. The Bertz CT molecular complexity index is 787. The van der Waals surface area contributed by atoms with E-state index < -0.39 is 0 Å². The van der Waals surface area contributed by atoms with Crippen LogP contribution in [-0.4, -0.2) is 13.2 Å².